The van der Waals surface area contributed by atoms with Gasteiger partial charge in [-0.3, -0.25) is 0 Å². The quantitative estimate of drug-likeness (QED) is 0.822. The Morgan fingerprint density at radius 3 is 2.73 bits per heavy atom. The van der Waals surface area contributed by atoms with Crippen LogP contribution >= 0.6 is 0 Å². The molecular formula is C12H19N3. The summed E-state index contributed by atoms with van der Waals surface area (Å²) in [6.45, 7) is 9.19. The fourth-order valence-corrected chi connectivity index (χ4v) is 1.11. The van der Waals surface area contributed by atoms with Gasteiger partial charge in [-0.25, -0.2) is 9.97 Å². The van der Waals surface area contributed by atoms with Crippen LogP contribution in [-0.2, 0) is 0 Å². The second kappa shape index (κ2) is 5.03. The number of nitrogens with zero attached hydrogens (tertiary/aromatic N) is 2. The highest BCUT2D eigenvalue weighted by molar-refractivity contribution is 5.43. The van der Waals surface area contributed by atoms with Crippen LogP contribution in [0.1, 0.15) is 32.3 Å². The summed E-state index contributed by atoms with van der Waals surface area (Å²) in [6, 6.07) is 1.90. The van der Waals surface area contributed by atoms with Crippen molar-refractivity contribution in [3.8, 4) is 0 Å². The topological polar surface area (TPSA) is 37.8 Å². The lowest BCUT2D eigenvalue weighted by atomic mass is 10.1. The third-order valence-corrected chi connectivity index (χ3v) is 1.84. The van der Waals surface area contributed by atoms with Crippen LogP contribution in [0.4, 0.5) is 0 Å². The SMILES string of the molecule is Cc1nccc(/C=C/CNC(C)(C)C)n1. The molecule has 0 unspecified atom stereocenters. The lowest BCUT2D eigenvalue weighted by molar-refractivity contribution is 0.450. The van der Waals surface area contributed by atoms with E-state index in [1.807, 2.05) is 19.1 Å². The van der Waals surface area contributed by atoms with Gasteiger partial charge in [0.25, 0.3) is 0 Å². The molecule has 3 heteroatoms. The first-order chi connectivity index (χ1) is 6.97. The first kappa shape index (κ1) is 11.9. The molecule has 0 aliphatic carbocycles. The molecule has 0 aliphatic rings. The highest BCUT2D eigenvalue weighted by Gasteiger charge is 2.05. The van der Waals surface area contributed by atoms with Crippen molar-refractivity contribution in [3.05, 3.63) is 29.9 Å². The predicted octanol–water partition coefficient (Wildman–Crippen LogP) is 2.19. The number of hydrogen-bond donors (Lipinski definition) is 1. The van der Waals surface area contributed by atoms with Crippen molar-refractivity contribution in [2.24, 2.45) is 0 Å². The van der Waals surface area contributed by atoms with Crippen molar-refractivity contribution in [1.82, 2.24) is 15.3 Å². The van der Waals surface area contributed by atoms with E-state index >= 15 is 0 Å². The molecule has 0 fully saturated rings. The van der Waals surface area contributed by atoms with Gasteiger partial charge in [0.2, 0.25) is 0 Å². The molecule has 0 spiro atoms. The number of rotatable bonds is 3. The van der Waals surface area contributed by atoms with Crippen molar-refractivity contribution in [1.29, 1.82) is 0 Å². The van der Waals surface area contributed by atoms with Gasteiger partial charge in [0.1, 0.15) is 5.82 Å². The normalized spacial score (nSPS) is 12.3. The Morgan fingerprint density at radius 2 is 2.13 bits per heavy atom. The minimum Gasteiger partial charge on any atom is -0.309 e. The fraction of sp³-hybridized carbons (Fsp3) is 0.500. The highest BCUT2D eigenvalue weighted by Crippen LogP contribution is 1.99. The Labute approximate surface area is 91.7 Å². The van der Waals surface area contributed by atoms with Gasteiger partial charge in [-0.1, -0.05) is 6.08 Å². The van der Waals surface area contributed by atoms with Crippen molar-refractivity contribution < 1.29 is 0 Å². The maximum absolute atomic E-state index is 4.28. The molecule has 0 radical (unpaired) electrons. The van der Waals surface area contributed by atoms with Crippen LogP contribution in [0.5, 0.6) is 0 Å². The summed E-state index contributed by atoms with van der Waals surface area (Å²) in [6.07, 6.45) is 5.86. The standard InChI is InChI=1S/C12H19N3/c1-10-13-9-7-11(15-10)6-5-8-14-12(2,3)4/h5-7,9,14H,8H2,1-4H3/b6-5+. The molecule has 1 aromatic rings. The molecule has 0 amide bonds. The summed E-state index contributed by atoms with van der Waals surface area (Å²) < 4.78 is 0. The van der Waals surface area contributed by atoms with Crippen LogP contribution in [0, 0.1) is 6.92 Å². The first-order valence-corrected chi connectivity index (χ1v) is 5.18. The molecule has 3 nitrogen and oxygen atoms in total. The van der Waals surface area contributed by atoms with E-state index < -0.39 is 0 Å². The summed E-state index contributed by atoms with van der Waals surface area (Å²) in [7, 11) is 0. The van der Waals surface area contributed by atoms with E-state index in [0.29, 0.717) is 0 Å². The zero-order chi connectivity index (χ0) is 11.3. The lowest BCUT2D eigenvalue weighted by Gasteiger charge is -2.18. The maximum Gasteiger partial charge on any atom is 0.125 e. The monoisotopic (exact) mass is 205 g/mol. The molecule has 1 rings (SSSR count). The molecule has 0 atom stereocenters. The predicted molar refractivity (Wildman–Crippen MR) is 63.6 cm³/mol. The summed E-state index contributed by atoms with van der Waals surface area (Å²) >= 11 is 0. The van der Waals surface area contributed by atoms with E-state index in [1.54, 1.807) is 6.20 Å². The van der Waals surface area contributed by atoms with Crippen LogP contribution in [0.15, 0.2) is 18.3 Å². The van der Waals surface area contributed by atoms with Crippen LogP contribution in [0.2, 0.25) is 0 Å². The third kappa shape index (κ3) is 5.27. The van der Waals surface area contributed by atoms with Gasteiger partial charge in [-0.2, -0.15) is 0 Å². The molecule has 0 aliphatic heterocycles. The summed E-state index contributed by atoms with van der Waals surface area (Å²) in [5, 5.41) is 3.38. The van der Waals surface area contributed by atoms with E-state index in [1.165, 1.54) is 0 Å². The summed E-state index contributed by atoms with van der Waals surface area (Å²) in [5.41, 5.74) is 1.12. The highest BCUT2D eigenvalue weighted by atomic mass is 14.9. The Kier molecular flexibility index (Phi) is 3.97. The van der Waals surface area contributed by atoms with Gasteiger partial charge in [0.15, 0.2) is 0 Å². The van der Waals surface area contributed by atoms with Crippen molar-refractivity contribution in [2.75, 3.05) is 6.54 Å². The van der Waals surface area contributed by atoms with E-state index in [0.717, 1.165) is 18.1 Å². The van der Waals surface area contributed by atoms with E-state index in [4.69, 9.17) is 0 Å². The third-order valence-electron chi connectivity index (χ3n) is 1.84. The van der Waals surface area contributed by atoms with Gasteiger partial charge in [-0.15, -0.1) is 0 Å². The molecule has 1 N–H and O–H groups in total. The molecule has 82 valence electrons. The van der Waals surface area contributed by atoms with Gasteiger partial charge in [0.05, 0.1) is 5.69 Å². The number of hydrogen-bond acceptors (Lipinski definition) is 3. The largest absolute Gasteiger partial charge is 0.309 e. The zero-order valence-electron chi connectivity index (χ0n) is 9.91. The molecule has 0 aromatic carbocycles. The van der Waals surface area contributed by atoms with Crippen molar-refractivity contribution in [2.45, 2.75) is 33.2 Å². The van der Waals surface area contributed by atoms with Crippen LogP contribution < -0.4 is 5.32 Å². The van der Waals surface area contributed by atoms with Gasteiger partial charge >= 0.3 is 0 Å². The molecule has 1 aromatic heterocycles. The Morgan fingerprint density at radius 1 is 1.40 bits per heavy atom. The molecule has 0 saturated carbocycles. The van der Waals surface area contributed by atoms with Gasteiger partial charge < -0.3 is 5.32 Å². The van der Waals surface area contributed by atoms with Crippen molar-refractivity contribution >= 4 is 6.08 Å². The van der Waals surface area contributed by atoms with Crippen LogP contribution in [0.3, 0.4) is 0 Å². The summed E-state index contributed by atoms with van der Waals surface area (Å²) in [5.74, 6) is 0.806. The van der Waals surface area contributed by atoms with E-state index in [2.05, 4.69) is 42.1 Å². The number of aryl methyl sites for hydroxylation is 1. The summed E-state index contributed by atoms with van der Waals surface area (Å²) in [4.78, 5) is 8.33. The number of aromatic nitrogens is 2. The first-order valence-electron chi connectivity index (χ1n) is 5.18. The van der Waals surface area contributed by atoms with E-state index in [9.17, 15) is 0 Å². The molecule has 15 heavy (non-hydrogen) atoms. The second-order valence-electron chi connectivity index (χ2n) is 4.56. The minimum atomic E-state index is 0.159. The van der Waals surface area contributed by atoms with E-state index in [-0.39, 0.29) is 5.54 Å². The Hall–Kier alpha value is -1.22. The Balaban J connectivity index is 2.45. The smallest absolute Gasteiger partial charge is 0.125 e. The average Bonchev–Trinajstić information content (AvgIpc) is 2.11. The number of nitrogens with one attached hydrogen (secondary N) is 1. The fourth-order valence-electron chi connectivity index (χ4n) is 1.11. The minimum absolute atomic E-state index is 0.159. The second-order valence-corrected chi connectivity index (χ2v) is 4.56. The lowest BCUT2D eigenvalue weighted by Crippen LogP contribution is -2.35. The van der Waals surface area contributed by atoms with Gasteiger partial charge in [-0.05, 0) is 39.8 Å². The molecule has 1 heterocycles. The zero-order valence-corrected chi connectivity index (χ0v) is 9.91. The maximum atomic E-state index is 4.28. The molecular weight excluding hydrogens is 186 g/mol. The molecule has 0 saturated heterocycles. The van der Waals surface area contributed by atoms with Gasteiger partial charge in [0, 0.05) is 18.3 Å². The van der Waals surface area contributed by atoms with Crippen LogP contribution in [0.25, 0.3) is 6.08 Å². The van der Waals surface area contributed by atoms with Crippen LogP contribution in [-0.4, -0.2) is 22.1 Å². The van der Waals surface area contributed by atoms with Crippen molar-refractivity contribution in [3.63, 3.8) is 0 Å². The average molecular weight is 205 g/mol. The molecule has 0 bridgehead atoms. The Bertz CT molecular complexity index is 337.